The zero-order valence-corrected chi connectivity index (χ0v) is 34.7. The highest BCUT2D eigenvalue weighted by atomic mass is 19.2. The SMILES string of the molecule is Cc1ccc(Cc2ccc3ccccc3[n+]2Cc2ccccc2)cc1.Fc1c(F)c(F)c([B-](c2c(F)c(F)c(F)c(F)c2F)(c2c(F)c(F)c(F)c(F)c2F)c2c(F)c(F)c(F)c(F)c2F)c(F)c1F. The van der Waals surface area contributed by atoms with Crippen molar-refractivity contribution in [3.8, 4) is 0 Å². The molecule has 0 aliphatic rings. The maximum absolute atomic E-state index is 15.4. The summed E-state index contributed by atoms with van der Waals surface area (Å²) in [5, 5.41) is 1.28. The van der Waals surface area contributed by atoms with Gasteiger partial charge in [-0.1, -0.05) is 72.3 Å². The van der Waals surface area contributed by atoms with E-state index in [2.05, 4.69) is 102 Å². The van der Waals surface area contributed by atoms with Gasteiger partial charge < -0.3 is 0 Å². The van der Waals surface area contributed by atoms with Crippen molar-refractivity contribution in [2.45, 2.75) is 19.9 Å². The van der Waals surface area contributed by atoms with E-state index >= 15 is 35.1 Å². The molecule has 0 amide bonds. The van der Waals surface area contributed by atoms with Gasteiger partial charge in [0, 0.05) is 23.1 Å². The van der Waals surface area contributed by atoms with Crippen molar-refractivity contribution in [2.75, 3.05) is 0 Å². The summed E-state index contributed by atoms with van der Waals surface area (Å²) in [5.74, 6) is -71.4. The van der Waals surface area contributed by atoms with E-state index in [4.69, 9.17) is 0 Å². The van der Waals surface area contributed by atoms with E-state index in [1.165, 1.54) is 33.3 Å². The highest BCUT2D eigenvalue weighted by Crippen LogP contribution is 2.31. The topological polar surface area (TPSA) is 3.88 Å². The standard InChI is InChI=1S/C24BF20.C24H22N/c26-5-1(6(27)14(35)21(42)13(5)34)25(2-7(28)15(36)22(43)16(37)8(2)29,3-9(30)17(38)23(44)18(39)10(3)31)4-11(32)19(40)24(45)20(41)12(4)33;1-19-11-13-20(14-12-19)17-23-16-15-22-9-5-6-10-24(22)25(23)18-21-7-3-2-4-8-21/h;2-16H,17-18H2,1H3/q-1;+1. The van der Waals surface area contributed by atoms with Gasteiger partial charge in [-0.3, -0.25) is 0 Å². The number of rotatable bonds is 8. The molecule has 7 aromatic carbocycles. The van der Waals surface area contributed by atoms with Crippen LogP contribution in [0.5, 0.6) is 0 Å². The molecule has 0 radical (unpaired) electrons. The molecule has 362 valence electrons. The Balaban J connectivity index is 0.000000242. The molecule has 0 saturated heterocycles. The van der Waals surface area contributed by atoms with Gasteiger partial charge >= 0.3 is 0 Å². The summed E-state index contributed by atoms with van der Waals surface area (Å²) in [7, 11) is 0. The molecule has 0 unspecified atom stereocenters. The van der Waals surface area contributed by atoms with Crippen LogP contribution in [-0.4, -0.2) is 6.15 Å². The average molecular weight is 1000 g/mol. The van der Waals surface area contributed by atoms with E-state index in [9.17, 15) is 52.7 Å². The fourth-order valence-corrected chi connectivity index (χ4v) is 8.20. The number of hydrogen-bond donors (Lipinski definition) is 0. The van der Waals surface area contributed by atoms with E-state index < -0.39 is 144 Å². The van der Waals surface area contributed by atoms with Crippen molar-refractivity contribution in [1.82, 2.24) is 0 Å². The molecule has 0 aliphatic heterocycles. The van der Waals surface area contributed by atoms with Gasteiger partial charge in [-0.15, -0.1) is 21.9 Å². The largest absolute Gasteiger partial charge is 0.212 e. The van der Waals surface area contributed by atoms with Gasteiger partial charge in [-0.05, 0) is 24.6 Å². The van der Waals surface area contributed by atoms with Crippen molar-refractivity contribution in [3.63, 3.8) is 0 Å². The Morgan fingerprint density at radius 3 is 0.986 bits per heavy atom. The zero-order valence-electron chi connectivity index (χ0n) is 34.7. The molecule has 8 rings (SSSR count). The van der Waals surface area contributed by atoms with Gasteiger partial charge in [0.2, 0.25) is 5.52 Å². The monoisotopic (exact) mass is 1000 g/mol. The Kier molecular flexibility index (Phi) is 13.8. The minimum absolute atomic E-state index is 0.892. The molecule has 0 bridgehead atoms. The summed E-state index contributed by atoms with van der Waals surface area (Å²) in [4.78, 5) is 0. The molecule has 0 N–H and O–H groups in total. The molecule has 0 fully saturated rings. The Morgan fingerprint density at radius 1 is 0.314 bits per heavy atom. The third-order valence-corrected chi connectivity index (χ3v) is 11.4. The third-order valence-electron chi connectivity index (χ3n) is 11.4. The molecule has 0 spiro atoms. The summed E-state index contributed by atoms with van der Waals surface area (Å²) in [6, 6.07) is 32.7. The molecule has 22 heteroatoms. The van der Waals surface area contributed by atoms with Crippen molar-refractivity contribution in [2.24, 2.45) is 0 Å². The van der Waals surface area contributed by atoms with Crippen LogP contribution in [-0.2, 0) is 13.0 Å². The highest BCUT2D eigenvalue weighted by Gasteiger charge is 2.52. The Bertz CT molecular complexity index is 3000. The van der Waals surface area contributed by atoms with Gasteiger partial charge in [0.25, 0.3) is 0 Å². The predicted molar refractivity (Wildman–Crippen MR) is 213 cm³/mol. The summed E-state index contributed by atoms with van der Waals surface area (Å²) in [6.07, 6.45) is -6.27. The number of halogens is 20. The van der Waals surface area contributed by atoms with Crippen LogP contribution in [0.3, 0.4) is 0 Å². The van der Waals surface area contributed by atoms with Crippen LogP contribution in [0.4, 0.5) is 87.8 Å². The van der Waals surface area contributed by atoms with Crippen molar-refractivity contribution >= 4 is 38.9 Å². The van der Waals surface area contributed by atoms with Crippen molar-refractivity contribution < 1.29 is 92.4 Å². The predicted octanol–water partition coefficient (Wildman–Crippen LogP) is 10.9. The van der Waals surface area contributed by atoms with Crippen LogP contribution in [0.25, 0.3) is 10.9 Å². The first-order chi connectivity index (χ1) is 33.0. The average Bonchev–Trinajstić information content (AvgIpc) is 3.35. The molecule has 1 heterocycles. The molecule has 1 aromatic heterocycles. The second-order valence-electron chi connectivity index (χ2n) is 15.4. The lowest BCUT2D eigenvalue weighted by Crippen LogP contribution is -2.81. The Hall–Kier alpha value is -7.39. The smallest absolute Gasteiger partial charge is 0.207 e. The van der Waals surface area contributed by atoms with Gasteiger partial charge in [0.1, 0.15) is 52.7 Å². The maximum Gasteiger partial charge on any atom is 0.212 e. The molecule has 0 saturated carbocycles. The molecular formula is C48H22BF20N. The Morgan fingerprint density at radius 2 is 0.629 bits per heavy atom. The van der Waals surface area contributed by atoms with E-state index in [1.54, 1.807) is 0 Å². The quantitative estimate of drug-likeness (QED) is 0.0470. The van der Waals surface area contributed by atoms with Gasteiger partial charge in [0.15, 0.2) is 82.0 Å². The normalized spacial score (nSPS) is 11.6. The minimum Gasteiger partial charge on any atom is -0.207 e. The van der Waals surface area contributed by atoms with E-state index in [0.717, 1.165) is 13.0 Å². The molecule has 8 aromatic rings. The van der Waals surface area contributed by atoms with Crippen LogP contribution in [0.1, 0.15) is 22.4 Å². The number of aromatic nitrogens is 1. The van der Waals surface area contributed by atoms with Crippen LogP contribution in [0.2, 0.25) is 0 Å². The number of fused-ring (bicyclic) bond motifs is 1. The molecule has 0 aliphatic carbocycles. The zero-order chi connectivity index (χ0) is 51.4. The number of benzene rings is 7. The third kappa shape index (κ3) is 8.15. The lowest BCUT2D eigenvalue weighted by Gasteiger charge is -2.44. The molecular weight excluding hydrogens is 981 g/mol. The number of aryl methyl sites for hydroxylation is 1. The van der Waals surface area contributed by atoms with E-state index in [1.807, 2.05) is 0 Å². The van der Waals surface area contributed by atoms with Gasteiger partial charge in [-0.25, -0.2) is 87.8 Å². The van der Waals surface area contributed by atoms with Crippen molar-refractivity contribution in [3.05, 3.63) is 230 Å². The summed E-state index contributed by atoms with van der Waals surface area (Å²) in [6.45, 7) is 3.03. The lowest BCUT2D eigenvalue weighted by atomic mass is 9.12. The molecule has 70 heavy (non-hydrogen) atoms. The Labute approximate surface area is 380 Å². The number of nitrogens with zero attached hydrogens (tertiary/aromatic N) is 1. The molecule has 0 atom stereocenters. The first-order valence-corrected chi connectivity index (χ1v) is 19.7. The summed E-state index contributed by atoms with van der Waals surface area (Å²) >= 11 is 0. The lowest BCUT2D eigenvalue weighted by molar-refractivity contribution is -0.669. The fourth-order valence-electron chi connectivity index (χ4n) is 8.20. The van der Waals surface area contributed by atoms with Crippen LogP contribution in [0.15, 0.2) is 91.0 Å². The van der Waals surface area contributed by atoms with Crippen LogP contribution < -0.4 is 26.4 Å². The van der Waals surface area contributed by atoms with Crippen molar-refractivity contribution in [1.29, 1.82) is 0 Å². The maximum atomic E-state index is 15.4. The summed E-state index contributed by atoms with van der Waals surface area (Å²) < 4.78 is 296. The number of para-hydroxylation sites is 1. The summed E-state index contributed by atoms with van der Waals surface area (Å²) in [5.41, 5.74) is -7.72. The highest BCUT2D eigenvalue weighted by molar-refractivity contribution is 7.20. The first-order valence-electron chi connectivity index (χ1n) is 19.7. The van der Waals surface area contributed by atoms with Crippen LogP contribution in [0, 0.1) is 123 Å². The fraction of sp³-hybridized carbons (Fsp3) is 0.0625. The number of pyridine rings is 1. The van der Waals surface area contributed by atoms with Gasteiger partial charge in [-0.2, -0.15) is 4.57 Å². The van der Waals surface area contributed by atoms with E-state index in [-0.39, 0.29) is 0 Å². The second-order valence-corrected chi connectivity index (χ2v) is 15.4. The number of hydrogen-bond acceptors (Lipinski definition) is 0. The van der Waals surface area contributed by atoms with Gasteiger partial charge in [0.05, 0.1) is 6.42 Å². The minimum atomic E-state index is -7.22. The second kappa shape index (κ2) is 19.2. The van der Waals surface area contributed by atoms with Crippen LogP contribution >= 0.6 is 0 Å². The first kappa shape index (κ1) is 50.5. The van der Waals surface area contributed by atoms with E-state index in [0.29, 0.717) is 0 Å². The molecule has 1 nitrogen and oxygen atoms in total.